The fourth-order valence-corrected chi connectivity index (χ4v) is 1.43. The van der Waals surface area contributed by atoms with E-state index >= 15 is 0 Å². The highest BCUT2D eigenvalue weighted by Crippen LogP contribution is 2.15. The second-order valence-electron chi connectivity index (χ2n) is 3.24. The van der Waals surface area contributed by atoms with E-state index in [1.165, 1.54) is 6.07 Å². The van der Waals surface area contributed by atoms with Crippen molar-refractivity contribution in [2.75, 3.05) is 0 Å². The molecule has 1 amide bonds. The Bertz CT molecular complexity index is 368. The van der Waals surface area contributed by atoms with E-state index in [2.05, 4.69) is 21.2 Å². The van der Waals surface area contributed by atoms with Gasteiger partial charge in [0.2, 0.25) is 5.91 Å². The summed E-state index contributed by atoms with van der Waals surface area (Å²) in [5, 5.41) is 2.54. The molecule has 1 aromatic carbocycles. The van der Waals surface area contributed by atoms with Crippen molar-refractivity contribution in [3.63, 3.8) is 0 Å². The summed E-state index contributed by atoms with van der Waals surface area (Å²) in [6, 6.07) is 3.99. The van der Waals surface area contributed by atoms with Gasteiger partial charge in [-0.2, -0.15) is 0 Å². The minimum Gasteiger partial charge on any atom is -0.351 e. The average Bonchev–Trinajstić information content (AvgIpc) is 2.18. The second kappa shape index (κ2) is 5.23. The maximum atomic E-state index is 13.2. The van der Waals surface area contributed by atoms with Crippen LogP contribution in [-0.2, 0) is 11.3 Å². The highest BCUT2D eigenvalue weighted by Gasteiger charge is 2.08. The zero-order valence-electron chi connectivity index (χ0n) is 8.26. The Morgan fingerprint density at radius 3 is 2.93 bits per heavy atom. The maximum absolute atomic E-state index is 13.2. The lowest BCUT2D eigenvalue weighted by molar-refractivity contribution is -0.122. The van der Waals surface area contributed by atoms with Gasteiger partial charge >= 0.3 is 0 Å². The van der Waals surface area contributed by atoms with Crippen LogP contribution in [0.1, 0.15) is 12.5 Å². The number of nitrogens with two attached hydrogens (primary N) is 1. The quantitative estimate of drug-likeness (QED) is 0.879. The number of carbonyl (C=O) groups is 1. The largest absolute Gasteiger partial charge is 0.351 e. The number of hydrogen-bond acceptors (Lipinski definition) is 2. The first-order chi connectivity index (χ1) is 7.00. The number of benzene rings is 1. The lowest BCUT2D eigenvalue weighted by atomic mass is 10.2. The molecule has 0 heterocycles. The van der Waals surface area contributed by atoms with Crippen LogP contribution >= 0.6 is 15.9 Å². The third kappa shape index (κ3) is 3.60. The first-order valence-electron chi connectivity index (χ1n) is 4.48. The molecule has 0 bridgehead atoms. The van der Waals surface area contributed by atoms with Crippen molar-refractivity contribution >= 4 is 21.8 Å². The molecule has 82 valence electrons. The zero-order chi connectivity index (χ0) is 11.4. The van der Waals surface area contributed by atoms with Crippen LogP contribution in [0, 0.1) is 5.82 Å². The number of rotatable bonds is 3. The molecule has 0 radical (unpaired) electrons. The molecule has 0 spiro atoms. The Hall–Kier alpha value is -0.940. The highest BCUT2D eigenvalue weighted by molar-refractivity contribution is 9.10. The van der Waals surface area contributed by atoms with Gasteiger partial charge in [0.1, 0.15) is 5.82 Å². The second-order valence-corrected chi connectivity index (χ2v) is 4.16. The molecule has 1 aromatic rings. The normalized spacial score (nSPS) is 12.3. The maximum Gasteiger partial charge on any atom is 0.236 e. The van der Waals surface area contributed by atoms with Gasteiger partial charge in [0.15, 0.2) is 0 Å². The van der Waals surface area contributed by atoms with Gasteiger partial charge in [-0.1, -0.05) is 15.9 Å². The fraction of sp³-hybridized carbons (Fsp3) is 0.300. The molecule has 1 rings (SSSR count). The third-order valence-corrected chi connectivity index (χ3v) is 2.37. The van der Waals surface area contributed by atoms with Crippen LogP contribution in [0.2, 0.25) is 0 Å². The summed E-state index contributed by atoms with van der Waals surface area (Å²) in [5.74, 6) is -0.641. The van der Waals surface area contributed by atoms with E-state index < -0.39 is 6.04 Å². The summed E-state index contributed by atoms with van der Waals surface area (Å²) in [7, 11) is 0. The Balaban J connectivity index is 2.65. The van der Waals surface area contributed by atoms with Crippen LogP contribution < -0.4 is 11.1 Å². The van der Waals surface area contributed by atoms with Crippen molar-refractivity contribution in [2.45, 2.75) is 19.5 Å². The van der Waals surface area contributed by atoms with Crippen molar-refractivity contribution in [2.24, 2.45) is 5.73 Å². The fourth-order valence-electron chi connectivity index (χ4n) is 1.02. The van der Waals surface area contributed by atoms with Gasteiger partial charge in [0.25, 0.3) is 0 Å². The van der Waals surface area contributed by atoms with E-state index in [1.807, 2.05) is 0 Å². The van der Waals surface area contributed by atoms with Gasteiger partial charge in [-0.05, 0) is 25.1 Å². The Morgan fingerprint density at radius 2 is 2.33 bits per heavy atom. The first kappa shape index (κ1) is 12.1. The van der Waals surface area contributed by atoms with Crippen LogP contribution in [0.3, 0.4) is 0 Å². The summed E-state index contributed by atoms with van der Waals surface area (Å²) in [4.78, 5) is 11.1. The zero-order valence-corrected chi connectivity index (χ0v) is 9.84. The molecular weight excluding hydrogens is 263 g/mol. The van der Waals surface area contributed by atoms with Crippen molar-refractivity contribution in [3.05, 3.63) is 34.1 Å². The van der Waals surface area contributed by atoms with Gasteiger partial charge in [-0.25, -0.2) is 4.39 Å². The minimum atomic E-state index is -0.583. The van der Waals surface area contributed by atoms with Gasteiger partial charge in [0.05, 0.1) is 6.04 Å². The lowest BCUT2D eigenvalue weighted by Crippen LogP contribution is -2.37. The SMILES string of the molecule is C[C@H](N)C(=O)NCc1cc(Br)ccc1F. The number of carbonyl (C=O) groups excluding carboxylic acids is 1. The van der Waals surface area contributed by atoms with Crippen LogP contribution in [0.4, 0.5) is 4.39 Å². The molecule has 15 heavy (non-hydrogen) atoms. The molecule has 3 N–H and O–H groups in total. The van der Waals surface area contributed by atoms with Gasteiger partial charge in [-0.15, -0.1) is 0 Å². The molecule has 0 saturated carbocycles. The summed E-state index contributed by atoms with van der Waals surface area (Å²) in [6.45, 7) is 1.72. The smallest absolute Gasteiger partial charge is 0.236 e. The van der Waals surface area contributed by atoms with Gasteiger partial charge < -0.3 is 11.1 Å². The third-order valence-electron chi connectivity index (χ3n) is 1.87. The number of amides is 1. The lowest BCUT2D eigenvalue weighted by Gasteiger charge is -2.08. The van der Waals surface area contributed by atoms with Crippen LogP contribution in [-0.4, -0.2) is 11.9 Å². The molecule has 1 atom stereocenters. The minimum absolute atomic E-state index is 0.144. The molecule has 0 saturated heterocycles. The van der Waals surface area contributed by atoms with Crippen LogP contribution in [0.5, 0.6) is 0 Å². The van der Waals surface area contributed by atoms with Crippen LogP contribution in [0.25, 0.3) is 0 Å². The topological polar surface area (TPSA) is 55.1 Å². The van der Waals surface area contributed by atoms with E-state index in [-0.39, 0.29) is 18.3 Å². The number of nitrogens with one attached hydrogen (secondary N) is 1. The summed E-state index contributed by atoms with van der Waals surface area (Å²) < 4.78 is 14.0. The molecule has 3 nitrogen and oxygen atoms in total. The van der Waals surface area contributed by atoms with Crippen molar-refractivity contribution in [3.8, 4) is 0 Å². The van der Waals surface area contributed by atoms with E-state index in [4.69, 9.17) is 5.73 Å². The molecule has 0 fully saturated rings. The number of hydrogen-bond donors (Lipinski definition) is 2. The van der Waals surface area contributed by atoms with Crippen molar-refractivity contribution in [1.82, 2.24) is 5.32 Å². The summed E-state index contributed by atoms with van der Waals surface area (Å²) in [6.07, 6.45) is 0. The average molecular weight is 275 g/mol. The van der Waals surface area contributed by atoms with Crippen LogP contribution in [0.15, 0.2) is 22.7 Å². The van der Waals surface area contributed by atoms with Crippen molar-refractivity contribution < 1.29 is 9.18 Å². The van der Waals surface area contributed by atoms with Gasteiger partial charge in [0, 0.05) is 16.6 Å². The molecule has 0 aromatic heterocycles. The Morgan fingerprint density at radius 1 is 1.67 bits per heavy atom. The predicted molar refractivity (Wildman–Crippen MR) is 59.6 cm³/mol. The van der Waals surface area contributed by atoms with E-state index in [0.717, 1.165) is 4.47 Å². The molecule has 0 unspecified atom stereocenters. The molecule has 0 aliphatic carbocycles. The molecule has 0 aliphatic heterocycles. The Kier molecular flexibility index (Phi) is 4.23. The van der Waals surface area contributed by atoms with E-state index in [0.29, 0.717) is 5.56 Å². The van der Waals surface area contributed by atoms with E-state index in [1.54, 1.807) is 19.1 Å². The monoisotopic (exact) mass is 274 g/mol. The van der Waals surface area contributed by atoms with E-state index in [9.17, 15) is 9.18 Å². The highest BCUT2D eigenvalue weighted by atomic mass is 79.9. The summed E-state index contributed by atoms with van der Waals surface area (Å²) in [5.41, 5.74) is 5.78. The van der Waals surface area contributed by atoms with Gasteiger partial charge in [-0.3, -0.25) is 4.79 Å². The Labute approximate surface area is 96.0 Å². The number of halogens is 2. The molecule has 5 heteroatoms. The molecular formula is C10H12BrFN2O. The first-order valence-corrected chi connectivity index (χ1v) is 5.27. The van der Waals surface area contributed by atoms with Crippen molar-refractivity contribution in [1.29, 1.82) is 0 Å². The molecule has 0 aliphatic rings. The predicted octanol–water partition coefficient (Wildman–Crippen LogP) is 1.55. The summed E-state index contributed by atoms with van der Waals surface area (Å²) >= 11 is 3.23. The standard InChI is InChI=1S/C10H12BrFN2O/c1-6(13)10(15)14-5-7-4-8(11)2-3-9(7)12/h2-4,6H,5,13H2,1H3,(H,14,15)/t6-/m0/s1.